The lowest BCUT2D eigenvalue weighted by molar-refractivity contribution is 0.152. The molecule has 0 aromatic heterocycles. The first-order valence-corrected chi connectivity index (χ1v) is 5.28. The molecule has 7 nitrogen and oxygen atoms in total. The number of rotatable bonds is 5. The van der Waals surface area contributed by atoms with E-state index in [2.05, 4.69) is 15.5 Å². The van der Waals surface area contributed by atoms with Gasteiger partial charge in [0.2, 0.25) is 0 Å². The zero-order valence-electron chi connectivity index (χ0n) is 10.4. The van der Waals surface area contributed by atoms with Crippen molar-refractivity contribution in [3.05, 3.63) is 35.9 Å². The second-order valence-corrected chi connectivity index (χ2v) is 3.26. The third-order valence-corrected chi connectivity index (χ3v) is 2.05. The molecule has 1 rings (SSSR count). The monoisotopic (exact) mass is 248 g/mol. The van der Waals surface area contributed by atoms with Crippen LogP contribution < -0.4 is 5.73 Å². The number of oxime groups is 1. The zero-order chi connectivity index (χ0) is 13.4. The Balaban J connectivity index is 3.03. The second-order valence-electron chi connectivity index (χ2n) is 3.26. The fourth-order valence-electron chi connectivity index (χ4n) is 1.26. The van der Waals surface area contributed by atoms with Crippen LogP contribution in [0.2, 0.25) is 0 Å². The topological polar surface area (TPSA) is 99.4 Å². The molecule has 96 valence electrons. The normalized spacial score (nSPS) is 11.6. The van der Waals surface area contributed by atoms with Crippen LogP contribution in [-0.2, 0) is 4.84 Å². The van der Waals surface area contributed by atoms with Crippen LogP contribution in [0.3, 0.4) is 0 Å². The average Bonchev–Trinajstić information content (AvgIpc) is 2.40. The van der Waals surface area contributed by atoms with Gasteiger partial charge in [-0.15, -0.1) is 0 Å². The molecule has 0 saturated heterocycles. The SMILES string of the molecule is CN=NN(C)C(=N)/C(=N/OCN)c1ccccc1. The van der Waals surface area contributed by atoms with Gasteiger partial charge in [-0.3, -0.25) is 11.1 Å². The molecule has 0 amide bonds. The van der Waals surface area contributed by atoms with Gasteiger partial charge in [-0.1, -0.05) is 40.7 Å². The van der Waals surface area contributed by atoms with E-state index in [1.54, 1.807) is 7.05 Å². The summed E-state index contributed by atoms with van der Waals surface area (Å²) in [5.41, 5.74) is 6.32. The molecule has 1 aromatic carbocycles. The molecule has 0 unspecified atom stereocenters. The molecule has 3 N–H and O–H groups in total. The fraction of sp³-hybridized carbons (Fsp3) is 0.273. The van der Waals surface area contributed by atoms with Crippen LogP contribution in [-0.4, -0.2) is 37.4 Å². The quantitative estimate of drug-likeness (QED) is 0.269. The summed E-state index contributed by atoms with van der Waals surface area (Å²) < 4.78 is 0. The van der Waals surface area contributed by atoms with E-state index < -0.39 is 0 Å². The van der Waals surface area contributed by atoms with E-state index in [1.165, 1.54) is 12.1 Å². The summed E-state index contributed by atoms with van der Waals surface area (Å²) in [5, 5.41) is 20.5. The number of nitrogens with two attached hydrogens (primary N) is 1. The third-order valence-electron chi connectivity index (χ3n) is 2.05. The van der Waals surface area contributed by atoms with E-state index in [0.717, 1.165) is 5.56 Å². The first-order chi connectivity index (χ1) is 8.70. The van der Waals surface area contributed by atoms with Gasteiger partial charge in [0.25, 0.3) is 0 Å². The Morgan fingerprint density at radius 1 is 1.39 bits per heavy atom. The molecule has 0 atom stereocenters. The third kappa shape index (κ3) is 3.63. The van der Waals surface area contributed by atoms with Gasteiger partial charge >= 0.3 is 0 Å². The largest absolute Gasteiger partial charge is 0.380 e. The van der Waals surface area contributed by atoms with Gasteiger partial charge in [0.15, 0.2) is 18.3 Å². The van der Waals surface area contributed by atoms with Crippen molar-refractivity contribution in [1.82, 2.24) is 5.01 Å². The molecule has 0 spiro atoms. The van der Waals surface area contributed by atoms with E-state index in [0.29, 0.717) is 5.71 Å². The number of likely N-dealkylation sites (N-methyl/N-ethyl adjacent to an activating group) is 1. The summed E-state index contributed by atoms with van der Waals surface area (Å²) >= 11 is 0. The van der Waals surface area contributed by atoms with Gasteiger partial charge in [0.1, 0.15) is 0 Å². The Bertz CT molecular complexity index is 442. The van der Waals surface area contributed by atoms with E-state index in [9.17, 15) is 0 Å². The maximum Gasteiger partial charge on any atom is 0.172 e. The van der Waals surface area contributed by atoms with E-state index in [4.69, 9.17) is 16.0 Å². The Morgan fingerprint density at radius 2 is 2.06 bits per heavy atom. The molecule has 0 heterocycles. The molecule has 7 heteroatoms. The number of nitrogens with one attached hydrogen (secondary N) is 1. The van der Waals surface area contributed by atoms with Gasteiger partial charge < -0.3 is 4.84 Å². The van der Waals surface area contributed by atoms with Crippen molar-refractivity contribution in [1.29, 1.82) is 5.41 Å². The number of hydrogen-bond acceptors (Lipinski definition) is 6. The van der Waals surface area contributed by atoms with Crippen molar-refractivity contribution in [3.63, 3.8) is 0 Å². The van der Waals surface area contributed by atoms with Gasteiger partial charge in [0, 0.05) is 12.6 Å². The van der Waals surface area contributed by atoms with Crippen molar-refractivity contribution in [2.75, 3.05) is 20.8 Å². The van der Waals surface area contributed by atoms with Crippen molar-refractivity contribution in [3.8, 4) is 0 Å². The lowest BCUT2D eigenvalue weighted by atomic mass is 10.1. The summed E-state index contributed by atoms with van der Waals surface area (Å²) in [6, 6.07) is 9.22. The Kier molecular flexibility index (Phi) is 5.46. The minimum Gasteiger partial charge on any atom is -0.380 e. The maximum absolute atomic E-state index is 7.99. The highest BCUT2D eigenvalue weighted by molar-refractivity contribution is 6.46. The first kappa shape index (κ1) is 13.8. The minimum absolute atomic E-state index is 0.0530. The molecule has 0 aliphatic heterocycles. The van der Waals surface area contributed by atoms with Gasteiger partial charge in [-0.25, -0.2) is 5.01 Å². The van der Waals surface area contributed by atoms with Crippen molar-refractivity contribution < 1.29 is 4.84 Å². The average molecular weight is 248 g/mol. The Labute approximate surface area is 105 Å². The van der Waals surface area contributed by atoms with Crippen LogP contribution in [0.1, 0.15) is 5.56 Å². The molecule has 0 aliphatic rings. The van der Waals surface area contributed by atoms with Gasteiger partial charge in [-0.05, 0) is 0 Å². The summed E-state index contributed by atoms with van der Waals surface area (Å²) in [4.78, 5) is 4.83. The molecule has 0 bridgehead atoms. The highest BCUT2D eigenvalue weighted by atomic mass is 16.6. The van der Waals surface area contributed by atoms with Crippen LogP contribution in [0, 0.1) is 5.41 Å². The first-order valence-electron chi connectivity index (χ1n) is 5.28. The van der Waals surface area contributed by atoms with Crippen LogP contribution >= 0.6 is 0 Å². The summed E-state index contributed by atoms with van der Waals surface area (Å²) in [6.07, 6.45) is 0. The number of amidine groups is 1. The zero-order valence-corrected chi connectivity index (χ0v) is 10.4. The molecular weight excluding hydrogens is 232 g/mol. The van der Waals surface area contributed by atoms with E-state index >= 15 is 0 Å². The maximum atomic E-state index is 7.99. The van der Waals surface area contributed by atoms with Gasteiger partial charge in [0.05, 0.1) is 7.05 Å². The highest BCUT2D eigenvalue weighted by Crippen LogP contribution is 2.05. The molecule has 0 radical (unpaired) electrons. The van der Waals surface area contributed by atoms with E-state index in [1.807, 2.05) is 30.3 Å². The van der Waals surface area contributed by atoms with Crippen molar-refractivity contribution >= 4 is 11.5 Å². The van der Waals surface area contributed by atoms with Crippen LogP contribution in [0.5, 0.6) is 0 Å². The standard InChI is InChI=1S/C11H16N6O/c1-14-16-17(2)11(13)10(15-18-8-12)9-6-4-3-5-7-9/h3-7,13H,8,12H2,1-2H3/b13-11?,15-10+,16-14?. The second kappa shape index (κ2) is 7.13. The summed E-state index contributed by atoms with van der Waals surface area (Å²) in [7, 11) is 3.13. The van der Waals surface area contributed by atoms with E-state index in [-0.39, 0.29) is 12.6 Å². The van der Waals surface area contributed by atoms with Crippen LogP contribution in [0.25, 0.3) is 0 Å². The van der Waals surface area contributed by atoms with Gasteiger partial charge in [-0.2, -0.15) is 5.11 Å². The lowest BCUT2D eigenvalue weighted by Gasteiger charge is -2.14. The van der Waals surface area contributed by atoms with Crippen molar-refractivity contribution in [2.45, 2.75) is 0 Å². The molecule has 0 saturated carbocycles. The number of benzene rings is 1. The molecular formula is C11H16N6O. The smallest absolute Gasteiger partial charge is 0.172 e. The molecule has 0 aliphatic carbocycles. The molecule has 18 heavy (non-hydrogen) atoms. The summed E-state index contributed by atoms with van der Waals surface area (Å²) in [6.45, 7) is -0.0530. The fourth-order valence-corrected chi connectivity index (χ4v) is 1.26. The van der Waals surface area contributed by atoms with Crippen molar-refractivity contribution in [2.24, 2.45) is 21.2 Å². The molecule has 0 fully saturated rings. The highest BCUT2D eigenvalue weighted by Gasteiger charge is 2.15. The number of nitrogens with zero attached hydrogens (tertiary/aromatic N) is 4. The molecule has 1 aromatic rings. The Hall–Kier alpha value is -2.28. The predicted octanol–water partition coefficient (Wildman–Crippen LogP) is 1.23. The van der Waals surface area contributed by atoms with Crippen LogP contribution in [0.15, 0.2) is 45.8 Å². The van der Waals surface area contributed by atoms with Crippen LogP contribution in [0.4, 0.5) is 0 Å². The summed E-state index contributed by atoms with van der Waals surface area (Å²) in [5.74, 6) is 0.0697. The lowest BCUT2D eigenvalue weighted by Crippen LogP contribution is -2.29. The predicted molar refractivity (Wildman–Crippen MR) is 69.4 cm³/mol. The minimum atomic E-state index is -0.0530. The number of hydrogen-bond donors (Lipinski definition) is 2. The Morgan fingerprint density at radius 3 is 2.61 bits per heavy atom.